The van der Waals surface area contributed by atoms with Crippen LogP contribution in [0.15, 0.2) is 55.0 Å². The van der Waals surface area contributed by atoms with Crippen LogP contribution in [0.4, 0.5) is 13.2 Å². The lowest BCUT2D eigenvalue weighted by Crippen LogP contribution is -2.08. The van der Waals surface area contributed by atoms with E-state index in [0.29, 0.717) is 17.5 Å². The van der Waals surface area contributed by atoms with E-state index in [-0.39, 0.29) is 5.69 Å². The molecular weight excluding hydrogens is 367 g/mol. The summed E-state index contributed by atoms with van der Waals surface area (Å²) in [5, 5.41) is 16.8. The van der Waals surface area contributed by atoms with Crippen LogP contribution >= 0.6 is 0 Å². The monoisotopic (exact) mass is 379 g/mol. The number of H-pyrrole nitrogens is 1. The number of hydrogen-bond acceptors (Lipinski definition) is 4. The molecule has 0 atom stereocenters. The molecule has 28 heavy (non-hydrogen) atoms. The summed E-state index contributed by atoms with van der Waals surface area (Å²) >= 11 is 0. The number of benzene rings is 1. The normalized spacial score (nSPS) is 11.5. The number of rotatable bonds is 3. The SMILES string of the molecule is N#Cc1cc(-c2cn[nH]c2)c2ccc(Cc3ccnc(C(F)(F)F)c3)cc2n1. The molecule has 4 aromatic rings. The van der Waals surface area contributed by atoms with Gasteiger partial charge in [0.2, 0.25) is 0 Å². The van der Waals surface area contributed by atoms with E-state index in [2.05, 4.69) is 20.2 Å². The van der Waals surface area contributed by atoms with E-state index in [1.165, 1.54) is 0 Å². The summed E-state index contributed by atoms with van der Waals surface area (Å²) in [7, 11) is 0. The fourth-order valence-corrected chi connectivity index (χ4v) is 3.05. The summed E-state index contributed by atoms with van der Waals surface area (Å²) in [6, 6.07) is 11.8. The van der Waals surface area contributed by atoms with Gasteiger partial charge in [-0.25, -0.2) is 4.98 Å². The number of aromatic nitrogens is 4. The third-order valence-electron chi connectivity index (χ3n) is 4.32. The number of nitrogens with zero attached hydrogens (tertiary/aromatic N) is 4. The van der Waals surface area contributed by atoms with E-state index in [9.17, 15) is 18.4 Å². The Balaban J connectivity index is 1.76. The Morgan fingerprint density at radius 1 is 1.07 bits per heavy atom. The van der Waals surface area contributed by atoms with Crippen molar-refractivity contribution >= 4 is 10.9 Å². The topological polar surface area (TPSA) is 78.2 Å². The summed E-state index contributed by atoms with van der Waals surface area (Å²) in [4.78, 5) is 7.72. The Bertz CT molecular complexity index is 1190. The van der Waals surface area contributed by atoms with E-state index < -0.39 is 11.9 Å². The Morgan fingerprint density at radius 2 is 1.89 bits per heavy atom. The smallest absolute Gasteiger partial charge is 0.285 e. The number of nitriles is 1. The fourth-order valence-electron chi connectivity index (χ4n) is 3.05. The second-order valence-electron chi connectivity index (χ2n) is 6.23. The van der Waals surface area contributed by atoms with E-state index in [1.807, 2.05) is 18.2 Å². The van der Waals surface area contributed by atoms with E-state index in [1.54, 1.807) is 30.6 Å². The van der Waals surface area contributed by atoms with Crippen LogP contribution < -0.4 is 0 Å². The van der Waals surface area contributed by atoms with E-state index in [4.69, 9.17) is 0 Å². The van der Waals surface area contributed by atoms with Gasteiger partial charge in [0, 0.05) is 23.3 Å². The molecule has 0 bridgehead atoms. The van der Waals surface area contributed by atoms with Crippen LogP contribution in [0.2, 0.25) is 0 Å². The maximum Gasteiger partial charge on any atom is 0.433 e. The van der Waals surface area contributed by atoms with Gasteiger partial charge < -0.3 is 0 Å². The first-order chi connectivity index (χ1) is 13.4. The van der Waals surface area contributed by atoms with Gasteiger partial charge in [0.1, 0.15) is 17.5 Å². The van der Waals surface area contributed by atoms with Crippen molar-refractivity contribution in [3.63, 3.8) is 0 Å². The largest absolute Gasteiger partial charge is 0.433 e. The van der Waals surface area contributed by atoms with Crippen molar-refractivity contribution < 1.29 is 13.2 Å². The van der Waals surface area contributed by atoms with Gasteiger partial charge in [0.05, 0.1) is 11.7 Å². The second-order valence-corrected chi connectivity index (χ2v) is 6.23. The summed E-state index contributed by atoms with van der Waals surface area (Å²) in [5.41, 5.74) is 2.84. The van der Waals surface area contributed by atoms with Gasteiger partial charge in [0.15, 0.2) is 0 Å². The average molecular weight is 379 g/mol. The number of alkyl halides is 3. The fraction of sp³-hybridized carbons (Fsp3) is 0.100. The third-order valence-corrected chi connectivity index (χ3v) is 4.32. The van der Waals surface area contributed by atoms with Crippen LogP contribution in [0.25, 0.3) is 22.0 Å². The van der Waals surface area contributed by atoms with Crippen molar-refractivity contribution in [3.8, 4) is 17.2 Å². The minimum absolute atomic E-state index is 0.254. The summed E-state index contributed by atoms with van der Waals surface area (Å²) in [6.07, 6.45) is 0.338. The molecule has 0 aliphatic carbocycles. The van der Waals surface area contributed by atoms with Crippen LogP contribution in [-0.2, 0) is 12.6 Å². The van der Waals surface area contributed by atoms with Crippen LogP contribution in [0, 0.1) is 11.3 Å². The summed E-state index contributed by atoms with van der Waals surface area (Å²) in [6.45, 7) is 0. The predicted molar refractivity (Wildman–Crippen MR) is 96.1 cm³/mol. The number of hydrogen-bond donors (Lipinski definition) is 1. The van der Waals surface area contributed by atoms with Gasteiger partial charge in [-0.05, 0) is 47.4 Å². The maximum absolute atomic E-state index is 12.9. The molecule has 0 aliphatic heterocycles. The number of halogens is 3. The van der Waals surface area contributed by atoms with Crippen molar-refractivity contribution in [2.45, 2.75) is 12.6 Å². The Hall–Kier alpha value is -3.73. The first kappa shape index (κ1) is 17.7. The molecule has 0 amide bonds. The van der Waals surface area contributed by atoms with Gasteiger partial charge >= 0.3 is 6.18 Å². The number of aromatic amines is 1. The predicted octanol–water partition coefficient (Wildman–Crippen LogP) is 4.50. The lowest BCUT2D eigenvalue weighted by atomic mass is 9.99. The van der Waals surface area contributed by atoms with Crippen LogP contribution in [0.1, 0.15) is 22.5 Å². The Labute approximate surface area is 157 Å². The lowest BCUT2D eigenvalue weighted by Gasteiger charge is -2.10. The highest BCUT2D eigenvalue weighted by Crippen LogP contribution is 2.30. The molecule has 0 aliphatic rings. The quantitative estimate of drug-likeness (QED) is 0.568. The third kappa shape index (κ3) is 3.42. The molecule has 3 heterocycles. The van der Waals surface area contributed by atoms with Gasteiger partial charge in [-0.1, -0.05) is 12.1 Å². The van der Waals surface area contributed by atoms with Gasteiger partial charge in [0.25, 0.3) is 0 Å². The molecule has 0 radical (unpaired) electrons. The Morgan fingerprint density at radius 3 is 2.61 bits per heavy atom. The molecule has 0 saturated heterocycles. The second kappa shape index (κ2) is 6.78. The van der Waals surface area contributed by atoms with Gasteiger partial charge in [-0.3, -0.25) is 10.1 Å². The molecule has 3 aromatic heterocycles. The van der Waals surface area contributed by atoms with Crippen molar-refractivity contribution in [1.29, 1.82) is 5.26 Å². The zero-order valence-electron chi connectivity index (χ0n) is 14.3. The highest BCUT2D eigenvalue weighted by Gasteiger charge is 2.32. The molecule has 1 aromatic carbocycles. The van der Waals surface area contributed by atoms with Crippen molar-refractivity contribution in [3.05, 3.63) is 77.5 Å². The molecule has 0 unspecified atom stereocenters. The lowest BCUT2D eigenvalue weighted by molar-refractivity contribution is -0.141. The molecule has 1 N–H and O–H groups in total. The number of pyridine rings is 2. The molecule has 138 valence electrons. The average Bonchev–Trinajstić information content (AvgIpc) is 3.21. The zero-order chi connectivity index (χ0) is 19.7. The minimum Gasteiger partial charge on any atom is -0.285 e. The standard InChI is InChI=1S/C20H12F3N5/c21-20(22,23)19-7-13(3-4-25-19)5-12-1-2-16-17(14-10-26-27-11-14)8-15(9-24)28-18(16)6-12/h1-4,6-8,10-11H,5H2,(H,26,27). The van der Waals surface area contributed by atoms with Gasteiger partial charge in [-0.2, -0.15) is 23.5 Å². The molecule has 5 nitrogen and oxygen atoms in total. The highest BCUT2D eigenvalue weighted by molar-refractivity contribution is 5.95. The number of fused-ring (bicyclic) bond motifs is 1. The van der Waals surface area contributed by atoms with Gasteiger partial charge in [-0.15, -0.1) is 0 Å². The van der Waals surface area contributed by atoms with E-state index >= 15 is 0 Å². The van der Waals surface area contributed by atoms with Crippen LogP contribution in [0.3, 0.4) is 0 Å². The minimum atomic E-state index is -4.48. The summed E-state index contributed by atoms with van der Waals surface area (Å²) in [5.74, 6) is 0. The first-order valence-electron chi connectivity index (χ1n) is 8.29. The first-order valence-corrected chi connectivity index (χ1v) is 8.29. The maximum atomic E-state index is 12.9. The number of nitrogens with one attached hydrogen (secondary N) is 1. The molecule has 4 rings (SSSR count). The van der Waals surface area contributed by atoms with Crippen molar-refractivity contribution in [1.82, 2.24) is 20.2 Å². The van der Waals surface area contributed by atoms with Crippen molar-refractivity contribution in [2.24, 2.45) is 0 Å². The molecule has 0 spiro atoms. The zero-order valence-corrected chi connectivity index (χ0v) is 14.3. The summed E-state index contributed by atoms with van der Waals surface area (Å²) < 4.78 is 38.6. The van der Waals surface area contributed by atoms with Crippen molar-refractivity contribution in [2.75, 3.05) is 0 Å². The van der Waals surface area contributed by atoms with E-state index in [0.717, 1.165) is 34.3 Å². The highest BCUT2D eigenvalue weighted by atomic mass is 19.4. The molecular formula is C20H12F3N5. The molecule has 8 heteroatoms. The Kier molecular flexibility index (Phi) is 4.28. The molecule has 0 fully saturated rings. The molecule has 0 saturated carbocycles. The van der Waals surface area contributed by atoms with Crippen LogP contribution in [-0.4, -0.2) is 20.2 Å². The van der Waals surface area contributed by atoms with Crippen LogP contribution in [0.5, 0.6) is 0 Å².